The van der Waals surface area contributed by atoms with Crippen molar-refractivity contribution in [3.05, 3.63) is 87.3 Å². The van der Waals surface area contributed by atoms with Gasteiger partial charge < -0.3 is 10.2 Å². The third-order valence-corrected chi connectivity index (χ3v) is 6.79. The van der Waals surface area contributed by atoms with Gasteiger partial charge in [-0.2, -0.15) is 5.10 Å². The number of carbonyl (C=O) groups excluding carboxylic acids is 2. The molecule has 3 unspecified atom stereocenters. The zero-order chi connectivity index (χ0) is 25.2. The quantitative estimate of drug-likeness (QED) is 0.446. The second-order valence-corrected chi connectivity index (χ2v) is 9.43. The number of nitrogens with zero attached hydrogens (tertiary/aromatic N) is 2. The summed E-state index contributed by atoms with van der Waals surface area (Å²) in [6.45, 7) is -0.186. The topological polar surface area (TPSA) is 111 Å². The fourth-order valence-corrected chi connectivity index (χ4v) is 4.79. The standard InChI is InChI=1S/C26H27F2N5O3/c27-18-13-21(33(14-18)23(34)11-10-22-29-26(36)32-31-22)25(35)30-24(16-4-2-1-3-5-16)17-8-9-19(15-6-7-15)20(28)12-17/h1-5,8-9,12,15,18,21,24H,6-7,10-11,13-14H2,(H,30,35)(H2,29,31,32,36). The van der Waals surface area contributed by atoms with Gasteiger partial charge in [-0.15, -0.1) is 0 Å². The van der Waals surface area contributed by atoms with Crippen molar-refractivity contribution in [3.8, 4) is 0 Å². The van der Waals surface area contributed by atoms with Crippen molar-refractivity contribution in [3.63, 3.8) is 0 Å². The number of benzene rings is 2. The van der Waals surface area contributed by atoms with Gasteiger partial charge in [0, 0.05) is 19.3 Å². The second kappa shape index (κ2) is 10.0. The van der Waals surface area contributed by atoms with Crippen molar-refractivity contribution in [1.82, 2.24) is 25.4 Å². The lowest BCUT2D eigenvalue weighted by Gasteiger charge is -2.27. The highest BCUT2D eigenvalue weighted by atomic mass is 19.1. The minimum atomic E-state index is -1.33. The van der Waals surface area contributed by atoms with Gasteiger partial charge in [-0.3, -0.25) is 14.6 Å². The Morgan fingerprint density at radius 2 is 1.92 bits per heavy atom. The summed E-state index contributed by atoms with van der Waals surface area (Å²) < 4.78 is 29.2. The Labute approximate surface area is 206 Å². The average molecular weight is 496 g/mol. The first-order chi connectivity index (χ1) is 17.4. The number of aryl methyl sites for hydroxylation is 1. The normalized spacial score (nSPS) is 20.3. The SMILES string of the molecule is O=C(NC(c1ccccc1)c1ccc(C2CC2)c(F)c1)C1CC(F)CN1C(=O)CCc1n[nH]c(=O)[nH]1. The van der Waals surface area contributed by atoms with E-state index >= 15 is 0 Å². The monoisotopic (exact) mass is 495 g/mol. The summed E-state index contributed by atoms with van der Waals surface area (Å²) in [7, 11) is 0. The summed E-state index contributed by atoms with van der Waals surface area (Å²) >= 11 is 0. The Morgan fingerprint density at radius 3 is 2.58 bits per heavy atom. The summed E-state index contributed by atoms with van der Waals surface area (Å²) in [6.07, 6.45) is 0.613. The van der Waals surface area contributed by atoms with Crippen LogP contribution in [0, 0.1) is 5.82 Å². The number of alkyl halides is 1. The van der Waals surface area contributed by atoms with Crippen molar-refractivity contribution in [2.24, 2.45) is 0 Å². The Bertz CT molecular complexity index is 1300. The van der Waals surface area contributed by atoms with E-state index in [1.54, 1.807) is 6.07 Å². The van der Waals surface area contributed by atoms with Crippen LogP contribution in [0.4, 0.5) is 8.78 Å². The number of carbonyl (C=O) groups is 2. The first-order valence-corrected chi connectivity index (χ1v) is 12.1. The molecule has 188 valence electrons. The van der Waals surface area contributed by atoms with E-state index in [0.29, 0.717) is 17.0 Å². The van der Waals surface area contributed by atoms with Crippen LogP contribution >= 0.6 is 0 Å². The molecule has 2 heterocycles. The molecule has 3 aromatic rings. The Kier molecular flexibility index (Phi) is 6.67. The molecule has 5 rings (SSSR count). The lowest BCUT2D eigenvalue weighted by molar-refractivity contribution is -0.138. The van der Waals surface area contributed by atoms with Gasteiger partial charge in [0.25, 0.3) is 0 Å². The second-order valence-electron chi connectivity index (χ2n) is 9.43. The van der Waals surface area contributed by atoms with Gasteiger partial charge in [0.1, 0.15) is 23.9 Å². The number of rotatable bonds is 8. The number of aromatic amines is 2. The molecule has 1 aromatic heterocycles. The highest BCUT2D eigenvalue weighted by molar-refractivity contribution is 5.89. The first-order valence-electron chi connectivity index (χ1n) is 12.1. The molecule has 36 heavy (non-hydrogen) atoms. The fraction of sp³-hybridized carbons (Fsp3) is 0.385. The van der Waals surface area contributed by atoms with Gasteiger partial charge in [-0.1, -0.05) is 42.5 Å². The van der Waals surface area contributed by atoms with E-state index in [4.69, 9.17) is 0 Å². The molecule has 2 amide bonds. The predicted molar refractivity (Wildman–Crippen MR) is 127 cm³/mol. The van der Waals surface area contributed by atoms with Crippen LogP contribution in [-0.2, 0) is 16.0 Å². The van der Waals surface area contributed by atoms with E-state index in [1.807, 2.05) is 36.4 Å². The number of nitrogens with one attached hydrogen (secondary N) is 3. The largest absolute Gasteiger partial charge is 0.343 e. The van der Waals surface area contributed by atoms with Crippen LogP contribution in [0.5, 0.6) is 0 Å². The van der Waals surface area contributed by atoms with E-state index < -0.39 is 35.8 Å². The van der Waals surface area contributed by atoms with Crippen molar-refractivity contribution < 1.29 is 18.4 Å². The van der Waals surface area contributed by atoms with Crippen LogP contribution < -0.4 is 11.0 Å². The highest BCUT2D eigenvalue weighted by Gasteiger charge is 2.40. The molecule has 3 atom stereocenters. The number of halogens is 2. The molecule has 1 saturated carbocycles. The van der Waals surface area contributed by atoms with Crippen molar-refractivity contribution in [1.29, 1.82) is 0 Å². The first kappa shape index (κ1) is 23.9. The summed E-state index contributed by atoms with van der Waals surface area (Å²) in [5.74, 6) is -0.649. The smallest absolute Gasteiger partial charge is 0.340 e. The third-order valence-electron chi connectivity index (χ3n) is 6.79. The number of hydrogen-bond acceptors (Lipinski definition) is 4. The minimum Gasteiger partial charge on any atom is -0.343 e. The summed E-state index contributed by atoms with van der Waals surface area (Å²) in [5, 5.41) is 8.93. The summed E-state index contributed by atoms with van der Waals surface area (Å²) in [5.41, 5.74) is 1.53. The van der Waals surface area contributed by atoms with Crippen LogP contribution in [0.2, 0.25) is 0 Å². The maximum Gasteiger partial charge on any atom is 0.340 e. The van der Waals surface area contributed by atoms with Crippen LogP contribution in [0.3, 0.4) is 0 Å². The number of likely N-dealkylation sites (tertiary alicyclic amines) is 1. The van der Waals surface area contributed by atoms with Crippen LogP contribution in [0.25, 0.3) is 0 Å². The maximum atomic E-state index is 14.9. The van der Waals surface area contributed by atoms with Crippen LogP contribution in [0.15, 0.2) is 53.3 Å². The molecule has 2 aliphatic rings. The van der Waals surface area contributed by atoms with Crippen LogP contribution in [-0.4, -0.2) is 50.7 Å². The van der Waals surface area contributed by atoms with Gasteiger partial charge in [0.2, 0.25) is 11.8 Å². The minimum absolute atomic E-state index is 0.0345. The zero-order valence-corrected chi connectivity index (χ0v) is 19.5. The molecule has 2 aromatic carbocycles. The molecule has 1 aliphatic heterocycles. The van der Waals surface area contributed by atoms with Crippen molar-refractivity contribution >= 4 is 11.8 Å². The number of hydrogen-bond donors (Lipinski definition) is 3. The Balaban J connectivity index is 1.34. The number of amides is 2. The van der Waals surface area contributed by atoms with Gasteiger partial charge in [0.05, 0.1) is 12.6 Å². The molecule has 8 nitrogen and oxygen atoms in total. The fourth-order valence-electron chi connectivity index (χ4n) is 4.79. The van der Waals surface area contributed by atoms with Gasteiger partial charge >= 0.3 is 5.69 Å². The van der Waals surface area contributed by atoms with E-state index in [-0.39, 0.29) is 37.5 Å². The predicted octanol–water partition coefficient (Wildman–Crippen LogP) is 2.89. The molecule has 0 spiro atoms. The van der Waals surface area contributed by atoms with E-state index in [1.165, 1.54) is 11.0 Å². The van der Waals surface area contributed by atoms with E-state index in [2.05, 4.69) is 20.5 Å². The van der Waals surface area contributed by atoms with Gasteiger partial charge in [-0.25, -0.2) is 18.7 Å². The molecule has 2 fully saturated rings. The molecule has 3 N–H and O–H groups in total. The Morgan fingerprint density at radius 1 is 1.14 bits per heavy atom. The average Bonchev–Trinajstić information content (AvgIpc) is 3.51. The molecular formula is C26H27F2N5O3. The van der Waals surface area contributed by atoms with E-state index in [9.17, 15) is 23.2 Å². The molecule has 1 saturated heterocycles. The number of aromatic nitrogens is 3. The molecule has 0 radical (unpaired) electrons. The number of H-pyrrole nitrogens is 2. The highest BCUT2D eigenvalue weighted by Crippen LogP contribution is 2.42. The maximum absolute atomic E-state index is 14.9. The molecule has 1 aliphatic carbocycles. The van der Waals surface area contributed by atoms with Crippen LogP contribution in [0.1, 0.15) is 60.2 Å². The van der Waals surface area contributed by atoms with Crippen molar-refractivity contribution in [2.75, 3.05) is 6.54 Å². The third kappa shape index (κ3) is 5.22. The van der Waals surface area contributed by atoms with E-state index in [0.717, 1.165) is 18.4 Å². The molecule has 10 heteroatoms. The zero-order valence-electron chi connectivity index (χ0n) is 19.5. The lowest BCUT2D eigenvalue weighted by atomic mass is 9.96. The van der Waals surface area contributed by atoms with Gasteiger partial charge in [-0.05, 0) is 41.5 Å². The van der Waals surface area contributed by atoms with Crippen molar-refractivity contribution in [2.45, 2.75) is 56.3 Å². The Hall–Kier alpha value is -3.82. The molecular weight excluding hydrogens is 468 g/mol. The summed E-state index contributed by atoms with van der Waals surface area (Å²) in [4.78, 5) is 41.1. The summed E-state index contributed by atoms with van der Waals surface area (Å²) in [6, 6.07) is 12.5. The molecule has 0 bridgehead atoms. The lowest BCUT2D eigenvalue weighted by Crippen LogP contribution is -2.47. The van der Waals surface area contributed by atoms with Gasteiger partial charge in [0.15, 0.2) is 0 Å².